The normalized spacial score (nSPS) is 11.1. The zero-order valence-electron chi connectivity index (χ0n) is 14.7. The maximum Gasteiger partial charge on any atom is 0.344 e. The number of nitrogens with zero attached hydrogens (tertiary/aromatic N) is 1. The Hall–Kier alpha value is -3.33. The number of esters is 1. The predicted molar refractivity (Wildman–Crippen MR) is 96.7 cm³/mol. The molecular weight excluding hydrogens is 332 g/mol. The molecule has 0 saturated carbocycles. The van der Waals surface area contributed by atoms with Crippen molar-refractivity contribution in [3.05, 3.63) is 59.7 Å². The quantitative estimate of drug-likeness (QED) is 0.774. The van der Waals surface area contributed by atoms with Crippen LogP contribution in [0.3, 0.4) is 0 Å². The van der Waals surface area contributed by atoms with Gasteiger partial charge in [0.2, 0.25) is 0 Å². The highest BCUT2D eigenvalue weighted by atomic mass is 16.6. The standard InChI is InChI=1S/C20H20N2O4/c1-3-15-8-10-17(11-9-15)22-20(24)14(2)26-19(23)13-25-18-7-5-4-6-16(18)12-21/h4-11,14H,3,13H2,1-2H3,(H,22,24)/t14-/m0/s1. The lowest BCUT2D eigenvalue weighted by atomic mass is 10.1. The third-order valence-corrected chi connectivity index (χ3v) is 3.66. The first-order valence-corrected chi connectivity index (χ1v) is 8.24. The number of carbonyl (C=O) groups excluding carboxylic acids is 2. The second kappa shape index (κ2) is 9.23. The van der Waals surface area contributed by atoms with Crippen LogP contribution < -0.4 is 10.1 Å². The van der Waals surface area contributed by atoms with E-state index in [1.807, 2.05) is 25.1 Å². The molecule has 0 unspecified atom stereocenters. The highest BCUT2D eigenvalue weighted by molar-refractivity contribution is 5.95. The van der Waals surface area contributed by atoms with E-state index in [0.29, 0.717) is 17.0 Å². The molecule has 0 saturated heterocycles. The zero-order chi connectivity index (χ0) is 18.9. The van der Waals surface area contributed by atoms with Gasteiger partial charge in [-0.1, -0.05) is 31.2 Å². The topological polar surface area (TPSA) is 88.4 Å². The van der Waals surface area contributed by atoms with Crippen molar-refractivity contribution in [2.45, 2.75) is 26.4 Å². The maximum atomic E-state index is 12.1. The molecule has 1 amide bonds. The van der Waals surface area contributed by atoms with E-state index in [4.69, 9.17) is 14.7 Å². The molecule has 0 bridgehead atoms. The Balaban J connectivity index is 1.83. The van der Waals surface area contributed by atoms with Gasteiger partial charge in [0, 0.05) is 5.69 Å². The number of hydrogen-bond acceptors (Lipinski definition) is 5. The molecule has 26 heavy (non-hydrogen) atoms. The van der Waals surface area contributed by atoms with Gasteiger partial charge in [-0.3, -0.25) is 4.79 Å². The summed E-state index contributed by atoms with van der Waals surface area (Å²) in [5.74, 6) is -0.832. The van der Waals surface area contributed by atoms with Crippen molar-refractivity contribution in [3.63, 3.8) is 0 Å². The van der Waals surface area contributed by atoms with Crippen LogP contribution >= 0.6 is 0 Å². The number of hydrogen-bond donors (Lipinski definition) is 1. The monoisotopic (exact) mass is 352 g/mol. The number of amides is 1. The molecule has 6 heteroatoms. The van der Waals surface area contributed by atoms with Gasteiger partial charge in [0.25, 0.3) is 5.91 Å². The minimum absolute atomic E-state index is 0.292. The van der Waals surface area contributed by atoms with E-state index in [2.05, 4.69) is 5.32 Å². The number of nitriles is 1. The molecule has 134 valence electrons. The predicted octanol–water partition coefficient (Wildman–Crippen LogP) is 3.07. The highest BCUT2D eigenvalue weighted by Crippen LogP contribution is 2.16. The number of anilines is 1. The second-order valence-electron chi connectivity index (χ2n) is 5.57. The van der Waals surface area contributed by atoms with Crippen molar-refractivity contribution in [2.75, 3.05) is 11.9 Å². The largest absolute Gasteiger partial charge is 0.481 e. The van der Waals surface area contributed by atoms with E-state index in [9.17, 15) is 9.59 Å². The number of nitrogens with one attached hydrogen (secondary N) is 1. The van der Waals surface area contributed by atoms with Crippen LogP contribution in [-0.2, 0) is 20.7 Å². The summed E-state index contributed by atoms with van der Waals surface area (Å²) >= 11 is 0. The SMILES string of the molecule is CCc1ccc(NC(=O)[C@H](C)OC(=O)COc2ccccc2C#N)cc1. The van der Waals surface area contributed by atoms with Gasteiger partial charge in [-0.15, -0.1) is 0 Å². The lowest BCUT2D eigenvalue weighted by Crippen LogP contribution is -2.31. The molecule has 2 aromatic rings. The van der Waals surface area contributed by atoms with Gasteiger partial charge in [-0.05, 0) is 43.2 Å². The number of ether oxygens (including phenoxy) is 2. The van der Waals surface area contributed by atoms with Crippen LogP contribution in [-0.4, -0.2) is 24.6 Å². The average Bonchev–Trinajstić information content (AvgIpc) is 2.67. The summed E-state index contributed by atoms with van der Waals surface area (Å²) in [7, 11) is 0. The van der Waals surface area contributed by atoms with Crippen LogP contribution in [0, 0.1) is 11.3 Å². The third-order valence-electron chi connectivity index (χ3n) is 3.66. The van der Waals surface area contributed by atoms with Crippen LogP contribution in [0.25, 0.3) is 0 Å². The fraction of sp³-hybridized carbons (Fsp3) is 0.250. The molecule has 0 aliphatic rings. The van der Waals surface area contributed by atoms with Crippen LogP contribution in [0.1, 0.15) is 25.0 Å². The first-order valence-electron chi connectivity index (χ1n) is 8.24. The van der Waals surface area contributed by atoms with E-state index >= 15 is 0 Å². The number of benzene rings is 2. The highest BCUT2D eigenvalue weighted by Gasteiger charge is 2.18. The van der Waals surface area contributed by atoms with Crippen molar-refractivity contribution in [1.82, 2.24) is 0 Å². The van der Waals surface area contributed by atoms with Gasteiger partial charge in [-0.2, -0.15) is 5.26 Å². The fourth-order valence-corrected chi connectivity index (χ4v) is 2.17. The summed E-state index contributed by atoms with van der Waals surface area (Å²) in [4.78, 5) is 24.0. The number of para-hydroxylation sites is 1. The fourth-order valence-electron chi connectivity index (χ4n) is 2.17. The van der Waals surface area contributed by atoms with Gasteiger partial charge < -0.3 is 14.8 Å². The molecule has 2 rings (SSSR count). The Bertz CT molecular complexity index is 809. The molecule has 0 aliphatic heterocycles. The first kappa shape index (κ1) is 19.0. The molecule has 1 atom stereocenters. The molecule has 0 spiro atoms. The average molecular weight is 352 g/mol. The minimum Gasteiger partial charge on any atom is -0.481 e. The maximum absolute atomic E-state index is 12.1. The van der Waals surface area contributed by atoms with E-state index in [1.165, 1.54) is 6.92 Å². The summed E-state index contributed by atoms with van der Waals surface area (Å²) in [5.41, 5.74) is 2.12. The number of aryl methyl sites for hydroxylation is 1. The van der Waals surface area contributed by atoms with Crippen LogP contribution in [0.5, 0.6) is 5.75 Å². The molecular formula is C20H20N2O4. The van der Waals surface area contributed by atoms with E-state index in [-0.39, 0.29) is 6.61 Å². The third kappa shape index (κ3) is 5.35. The van der Waals surface area contributed by atoms with Crippen LogP contribution in [0.15, 0.2) is 48.5 Å². The van der Waals surface area contributed by atoms with E-state index in [1.54, 1.807) is 36.4 Å². The number of rotatable bonds is 7. The molecule has 6 nitrogen and oxygen atoms in total. The van der Waals surface area contributed by atoms with Gasteiger partial charge in [-0.25, -0.2) is 4.79 Å². The second-order valence-corrected chi connectivity index (χ2v) is 5.57. The summed E-state index contributed by atoms with van der Waals surface area (Å²) in [5, 5.41) is 11.7. The van der Waals surface area contributed by atoms with Gasteiger partial charge in [0.1, 0.15) is 11.8 Å². The first-order chi connectivity index (χ1) is 12.5. The molecule has 0 aliphatic carbocycles. The Morgan fingerprint density at radius 3 is 2.50 bits per heavy atom. The van der Waals surface area contributed by atoms with Crippen molar-refractivity contribution in [3.8, 4) is 11.8 Å². The van der Waals surface area contributed by atoms with Gasteiger partial charge in [0.05, 0.1) is 5.56 Å². The molecule has 0 heterocycles. The van der Waals surface area contributed by atoms with Crippen LogP contribution in [0.2, 0.25) is 0 Å². The molecule has 0 fully saturated rings. The zero-order valence-corrected chi connectivity index (χ0v) is 14.7. The lowest BCUT2D eigenvalue weighted by molar-refractivity contribution is -0.155. The number of carbonyl (C=O) groups is 2. The van der Waals surface area contributed by atoms with Crippen molar-refractivity contribution >= 4 is 17.6 Å². The van der Waals surface area contributed by atoms with Crippen molar-refractivity contribution in [1.29, 1.82) is 5.26 Å². The summed E-state index contributed by atoms with van der Waals surface area (Å²) in [6.45, 7) is 3.14. The summed E-state index contributed by atoms with van der Waals surface area (Å²) in [6, 6.07) is 16.0. The van der Waals surface area contributed by atoms with E-state index in [0.717, 1.165) is 12.0 Å². The summed E-state index contributed by atoms with van der Waals surface area (Å²) < 4.78 is 10.4. The Labute approximate surface area is 152 Å². The van der Waals surface area contributed by atoms with Gasteiger partial charge >= 0.3 is 5.97 Å². The Morgan fingerprint density at radius 2 is 1.85 bits per heavy atom. The minimum atomic E-state index is -0.969. The van der Waals surface area contributed by atoms with E-state index < -0.39 is 18.0 Å². The molecule has 2 aromatic carbocycles. The van der Waals surface area contributed by atoms with Crippen molar-refractivity contribution < 1.29 is 19.1 Å². The molecule has 0 aromatic heterocycles. The summed E-state index contributed by atoms with van der Waals surface area (Å²) in [6.07, 6.45) is -0.0554. The molecule has 0 radical (unpaired) electrons. The van der Waals surface area contributed by atoms with Crippen molar-refractivity contribution in [2.24, 2.45) is 0 Å². The van der Waals surface area contributed by atoms with Gasteiger partial charge in [0.15, 0.2) is 12.7 Å². The Kier molecular flexibility index (Phi) is 6.75. The smallest absolute Gasteiger partial charge is 0.344 e. The lowest BCUT2D eigenvalue weighted by Gasteiger charge is -2.14. The van der Waals surface area contributed by atoms with Crippen LogP contribution in [0.4, 0.5) is 5.69 Å². The molecule has 1 N–H and O–H groups in total. The Morgan fingerprint density at radius 1 is 1.15 bits per heavy atom.